The number of benzene rings is 1. The Morgan fingerprint density at radius 2 is 1.88 bits per heavy atom. The molecule has 0 spiro atoms. The Morgan fingerprint density at radius 1 is 1.04 bits per heavy atom. The van der Waals surface area contributed by atoms with Crippen molar-refractivity contribution in [1.29, 1.82) is 5.26 Å². The molecule has 4 aromatic rings. The van der Waals surface area contributed by atoms with Gasteiger partial charge in [0.1, 0.15) is 5.69 Å². The van der Waals surface area contributed by atoms with Crippen LogP contribution in [0.2, 0.25) is 0 Å². The number of rotatable bonds is 3. The van der Waals surface area contributed by atoms with Crippen molar-refractivity contribution < 1.29 is 4.79 Å². The maximum Gasteiger partial charge on any atom is 0.275 e. The molecule has 0 saturated carbocycles. The molecule has 0 bridgehead atoms. The average molecular weight is 340 g/mol. The zero-order valence-corrected chi connectivity index (χ0v) is 13.5. The highest BCUT2D eigenvalue weighted by Crippen LogP contribution is 2.22. The molecule has 0 aliphatic rings. The summed E-state index contributed by atoms with van der Waals surface area (Å²) in [6.07, 6.45) is 3.09. The van der Waals surface area contributed by atoms with Gasteiger partial charge in [-0.25, -0.2) is 4.98 Å². The fourth-order valence-corrected chi connectivity index (χ4v) is 2.58. The lowest BCUT2D eigenvalue weighted by molar-refractivity contribution is 0.102. The molecular weight excluding hydrogens is 328 g/mol. The molecular formula is C19H12N6O. The largest absolute Gasteiger partial charge is 0.304 e. The van der Waals surface area contributed by atoms with Crippen LogP contribution in [0, 0.1) is 11.3 Å². The first kappa shape index (κ1) is 15.5. The van der Waals surface area contributed by atoms with E-state index < -0.39 is 0 Å². The van der Waals surface area contributed by atoms with Gasteiger partial charge in [0.05, 0.1) is 23.5 Å². The fraction of sp³-hybridized carbons (Fsp3) is 0. The van der Waals surface area contributed by atoms with Gasteiger partial charge in [0, 0.05) is 11.8 Å². The van der Waals surface area contributed by atoms with Crippen LogP contribution in [0.4, 0.5) is 5.82 Å². The second-order valence-corrected chi connectivity index (χ2v) is 5.46. The number of carbonyl (C=O) groups excluding carboxylic acids is 1. The molecule has 0 aliphatic carbocycles. The molecule has 26 heavy (non-hydrogen) atoms. The molecule has 7 heteroatoms. The number of nitriles is 1. The van der Waals surface area contributed by atoms with Crippen LogP contribution >= 0.6 is 0 Å². The van der Waals surface area contributed by atoms with Crippen molar-refractivity contribution in [3.63, 3.8) is 0 Å². The lowest BCUT2D eigenvalue weighted by Crippen LogP contribution is -2.15. The summed E-state index contributed by atoms with van der Waals surface area (Å²) in [7, 11) is 0. The van der Waals surface area contributed by atoms with E-state index in [4.69, 9.17) is 0 Å². The summed E-state index contributed by atoms with van der Waals surface area (Å²) in [5, 5.41) is 16.6. The van der Waals surface area contributed by atoms with Crippen molar-refractivity contribution in [2.75, 3.05) is 5.32 Å². The highest BCUT2D eigenvalue weighted by atomic mass is 16.2. The van der Waals surface area contributed by atoms with E-state index in [0.29, 0.717) is 34.0 Å². The van der Waals surface area contributed by atoms with E-state index in [2.05, 4.69) is 26.5 Å². The highest BCUT2D eigenvalue weighted by Gasteiger charge is 2.13. The van der Waals surface area contributed by atoms with Crippen molar-refractivity contribution in [3.05, 3.63) is 78.2 Å². The molecule has 0 fully saturated rings. The summed E-state index contributed by atoms with van der Waals surface area (Å²) in [5.41, 5.74) is 2.74. The summed E-state index contributed by atoms with van der Waals surface area (Å²) in [6, 6.07) is 18.1. The molecule has 1 N–H and O–H groups in total. The summed E-state index contributed by atoms with van der Waals surface area (Å²) in [5.74, 6) is 0.0731. The maximum absolute atomic E-state index is 12.3. The molecule has 3 heterocycles. The van der Waals surface area contributed by atoms with E-state index in [1.165, 1.54) is 10.7 Å². The third-order valence-electron chi connectivity index (χ3n) is 3.82. The molecule has 4 rings (SSSR count). The first-order valence-corrected chi connectivity index (χ1v) is 7.83. The number of anilines is 1. The van der Waals surface area contributed by atoms with Crippen molar-refractivity contribution in [3.8, 4) is 17.3 Å². The Kier molecular flexibility index (Phi) is 3.84. The first-order chi connectivity index (χ1) is 12.8. The summed E-state index contributed by atoms with van der Waals surface area (Å²) < 4.78 is 1.53. The number of carbonyl (C=O) groups is 1. The Labute approximate surface area is 148 Å². The van der Waals surface area contributed by atoms with Gasteiger partial charge in [-0.1, -0.05) is 24.3 Å². The first-order valence-electron chi connectivity index (χ1n) is 7.83. The van der Waals surface area contributed by atoms with Gasteiger partial charge in [-0.2, -0.15) is 14.9 Å². The number of pyridine rings is 1. The van der Waals surface area contributed by atoms with Crippen LogP contribution in [0.3, 0.4) is 0 Å². The predicted octanol–water partition coefficient (Wildman–Crippen LogP) is 2.92. The second-order valence-electron chi connectivity index (χ2n) is 5.46. The summed E-state index contributed by atoms with van der Waals surface area (Å²) >= 11 is 0. The number of nitrogens with zero attached hydrogens (tertiary/aromatic N) is 5. The van der Waals surface area contributed by atoms with Gasteiger partial charge in [-0.05, 0) is 30.3 Å². The third-order valence-corrected chi connectivity index (χ3v) is 3.82. The lowest BCUT2D eigenvalue weighted by atomic mass is 10.1. The fourth-order valence-electron chi connectivity index (χ4n) is 2.58. The van der Waals surface area contributed by atoms with Gasteiger partial charge in [-0.15, -0.1) is 0 Å². The number of nitrogens with one attached hydrogen (secondary N) is 1. The minimum atomic E-state index is -0.350. The molecule has 0 aliphatic heterocycles. The molecule has 3 aromatic heterocycles. The normalized spacial score (nSPS) is 10.4. The van der Waals surface area contributed by atoms with Gasteiger partial charge < -0.3 is 5.32 Å². The Bertz CT molecular complexity index is 1140. The van der Waals surface area contributed by atoms with E-state index in [1.807, 2.05) is 12.1 Å². The van der Waals surface area contributed by atoms with Crippen LogP contribution in [0.1, 0.15) is 16.1 Å². The molecule has 0 atom stereocenters. The Morgan fingerprint density at radius 3 is 2.69 bits per heavy atom. The smallest absolute Gasteiger partial charge is 0.275 e. The van der Waals surface area contributed by atoms with Crippen LogP contribution in [0.15, 0.2) is 67.0 Å². The zero-order chi connectivity index (χ0) is 17.9. The highest BCUT2D eigenvalue weighted by molar-refractivity contribution is 6.02. The number of fused-ring (bicyclic) bond motifs is 1. The molecule has 124 valence electrons. The van der Waals surface area contributed by atoms with Crippen LogP contribution in [-0.2, 0) is 0 Å². The van der Waals surface area contributed by atoms with Crippen molar-refractivity contribution in [2.45, 2.75) is 0 Å². The number of imidazole rings is 1. The zero-order valence-electron chi connectivity index (χ0n) is 13.5. The van der Waals surface area contributed by atoms with Gasteiger partial charge in [0.25, 0.3) is 5.91 Å². The van der Waals surface area contributed by atoms with Crippen molar-refractivity contribution in [1.82, 2.24) is 19.6 Å². The number of hydrogen-bond acceptors (Lipinski definition) is 5. The van der Waals surface area contributed by atoms with Crippen molar-refractivity contribution >= 4 is 17.4 Å². The van der Waals surface area contributed by atoms with Crippen LogP contribution in [-0.4, -0.2) is 25.5 Å². The minimum absolute atomic E-state index is 0.299. The van der Waals surface area contributed by atoms with Crippen LogP contribution in [0.25, 0.3) is 16.9 Å². The van der Waals surface area contributed by atoms with E-state index >= 15 is 0 Å². The molecule has 1 amide bonds. The summed E-state index contributed by atoms with van der Waals surface area (Å²) in [4.78, 5) is 20.6. The van der Waals surface area contributed by atoms with Gasteiger partial charge in [0.15, 0.2) is 11.5 Å². The summed E-state index contributed by atoms with van der Waals surface area (Å²) in [6.45, 7) is 0. The quantitative estimate of drug-likeness (QED) is 0.618. The predicted molar refractivity (Wildman–Crippen MR) is 95.3 cm³/mol. The van der Waals surface area contributed by atoms with E-state index in [9.17, 15) is 10.1 Å². The lowest BCUT2D eigenvalue weighted by Gasteiger charge is -2.06. The topological polar surface area (TPSA) is 96.0 Å². The molecule has 1 aromatic carbocycles. The molecule has 7 nitrogen and oxygen atoms in total. The molecule has 0 saturated heterocycles. The maximum atomic E-state index is 12.3. The van der Waals surface area contributed by atoms with Crippen molar-refractivity contribution in [2.24, 2.45) is 0 Å². The standard InChI is InChI=1S/C19H12N6O/c20-11-13-5-1-2-6-14(13)15-8-9-17-22-12-18(25(17)24-15)23-19(26)16-7-3-4-10-21-16/h1-10,12H,(H,23,26). The monoisotopic (exact) mass is 340 g/mol. The van der Waals surface area contributed by atoms with E-state index in [1.54, 1.807) is 48.7 Å². The minimum Gasteiger partial charge on any atom is -0.304 e. The van der Waals surface area contributed by atoms with Gasteiger partial charge in [-0.3, -0.25) is 9.78 Å². The number of aromatic nitrogens is 4. The second kappa shape index (κ2) is 6.45. The Balaban J connectivity index is 1.74. The average Bonchev–Trinajstić information content (AvgIpc) is 3.10. The molecule has 0 radical (unpaired) electrons. The van der Waals surface area contributed by atoms with Gasteiger partial charge in [0.2, 0.25) is 0 Å². The van der Waals surface area contributed by atoms with E-state index in [0.717, 1.165) is 0 Å². The van der Waals surface area contributed by atoms with Gasteiger partial charge >= 0.3 is 0 Å². The SMILES string of the molecule is N#Cc1ccccc1-c1ccc2ncc(NC(=O)c3ccccn3)n2n1. The van der Waals surface area contributed by atoms with Crippen LogP contribution < -0.4 is 5.32 Å². The number of hydrogen-bond donors (Lipinski definition) is 1. The molecule has 0 unspecified atom stereocenters. The van der Waals surface area contributed by atoms with Crippen LogP contribution in [0.5, 0.6) is 0 Å². The van der Waals surface area contributed by atoms with E-state index in [-0.39, 0.29) is 5.91 Å². The number of amides is 1. The Hall–Kier alpha value is -4.05. The third kappa shape index (κ3) is 2.76.